The van der Waals surface area contributed by atoms with Crippen molar-refractivity contribution in [1.29, 1.82) is 0 Å². The van der Waals surface area contributed by atoms with Gasteiger partial charge in [-0.3, -0.25) is 0 Å². The lowest BCUT2D eigenvalue weighted by Gasteiger charge is -2.20. The first kappa shape index (κ1) is 14.5. The SMILES string of the molecule is CCn1ccnc1[C@H]1OCC[C@@H]1NCc1cccc2cc[nH]c12. The highest BCUT2D eigenvalue weighted by Gasteiger charge is 2.32. The van der Waals surface area contributed by atoms with Gasteiger partial charge < -0.3 is 19.6 Å². The fourth-order valence-corrected chi connectivity index (χ4v) is 3.44. The van der Waals surface area contributed by atoms with Gasteiger partial charge >= 0.3 is 0 Å². The third-order valence-electron chi connectivity index (χ3n) is 4.66. The van der Waals surface area contributed by atoms with Crippen molar-refractivity contribution >= 4 is 10.9 Å². The Labute approximate surface area is 135 Å². The third kappa shape index (κ3) is 2.66. The molecule has 0 saturated carbocycles. The Morgan fingerprint density at radius 2 is 2.35 bits per heavy atom. The van der Waals surface area contributed by atoms with Crippen LogP contribution in [0.1, 0.15) is 30.8 Å². The van der Waals surface area contributed by atoms with Crippen LogP contribution in [0.3, 0.4) is 0 Å². The standard InChI is InChI=1S/C18H22N4O/c1-2-22-10-9-20-18(22)17-15(7-11-23-17)21-12-14-5-3-4-13-6-8-19-16(13)14/h3-6,8-10,15,17,19,21H,2,7,11-12H2,1H3/t15-,17-/m0/s1. The molecule has 1 aromatic carbocycles. The lowest BCUT2D eigenvalue weighted by atomic mass is 10.1. The summed E-state index contributed by atoms with van der Waals surface area (Å²) in [4.78, 5) is 7.84. The molecule has 2 aromatic heterocycles. The van der Waals surface area contributed by atoms with Gasteiger partial charge in [-0.25, -0.2) is 4.98 Å². The quantitative estimate of drug-likeness (QED) is 0.761. The summed E-state index contributed by atoms with van der Waals surface area (Å²) in [6.45, 7) is 4.67. The summed E-state index contributed by atoms with van der Waals surface area (Å²) in [6, 6.07) is 8.82. The minimum absolute atomic E-state index is 0.0350. The Balaban J connectivity index is 1.51. The highest BCUT2D eigenvalue weighted by Crippen LogP contribution is 2.28. The van der Waals surface area contributed by atoms with E-state index in [1.165, 1.54) is 16.5 Å². The van der Waals surface area contributed by atoms with Crippen LogP contribution in [-0.4, -0.2) is 27.2 Å². The van der Waals surface area contributed by atoms with Gasteiger partial charge in [-0.05, 0) is 30.4 Å². The zero-order chi connectivity index (χ0) is 15.6. The van der Waals surface area contributed by atoms with Crippen molar-refractivity contribution in [3.63, 3.8) is 0 Å². The van der Waals surface area contributed by atoms with Crippen LogP contribution in [0.4, 0.5) is 0 Å². The number of ether oxygens (including phenoxy) is 1. The van der Waals surface area contributed by atoms with E-state index in [0.29, 0.717) is 6.04 Å². The van der Waals surface area contributed by atoms with Crippen molar-refractivity contribution < 1.29 is 4.74 Å². The lowest BCUT2D eigenvalue weighted by Crippen LogP contribution is -2.32. The number of benzene rings is 1. The summed E-state index contributed by atoms with van der Waals surface area (Å²) >= 11 is 0. The van der Waals surface area contributed by atoms with Crippen LogP contribution in [0.5, 0.6) is 0 Å². The van der Waals surface area contributed by atoms with E-state index in [1.54, 1.807) is 0 Å². The molecule has 1 aliphatic heterocycles. The molecule has 0 unspecified atom stereocenters. The van der Waals surface area contributed by atoms with Gasteiger partial charge in [0, 0.05) is 49.8 Å². The molecule has 0 radical (unpaired) electrons. The average Bonchev–Trinajstić information content (AvgIpc) is 3.30. The van der Waals surface area contributed by atoms with Crippen LogP contribution in [-0.2, 0) is 17.8 Å². The molecular weight excluding hydrogens is 288 g/mol. The van der Waals surface area contributed by atoms with Crippen molar-refractivity contribution in [3.8, 4) is 0 Å². The van der Waals surface area contributed by atoms with Crippen LogP contribution in [0, 0.1) is 0 Å². The molecule has 120 valence electrons. The number of imidazole rings is 1. The molecule has 0 aliphatic carbocycles. The predicted octanol–water partition coefficient (Wildman–Crippen LogP) is 3.00. The maximum absolute atomic E-state index is 5.96. The number of hydrogen-bond donors (Lipinski definition) is 2. The molecular formula is C18H22N4O. The molecule has 0 spiro atoms. The molecule has 3 aromatic rings. The van der Waals surface area contributed by atoms with Gasteiger partial charge in [0.05, 0.1) is 0 Å². The summed E-state index contributed by atoms with van der Waals surface area (Å²) in [7, 11) is 0. The number of fused-ring (bicyclic) bond motifs is 1. The van der Waals surface area contributed by atoms with E-state index in [9.17, 15) is 0 Å². The minimum atomic E-state index is 0.0350. The van der Waals surface area contributed by atoms with Crippen LogP contribution in [0.25, 0.3) is 10.9 Å². The summed E-state index contributed by atoms with van der Waals surface area (Å²) in [5.41, 5.74) is 2.50. The number of rotatable bonds is 5. The predicted molar refractivity (Wildman–Crippen MR) is 90.1 cm³/mol. The van der Waals surface area contributed by atoms with E-state index >= 15 is 0 Å². The largest absolute Gasteiger partial charge is 0.369 e. The molecule has 1 fully saturated rings. The van der Waals surface area contributed by atoms with Crippen LogP contribution in [0.2, 0.25) is 0 Å². The monoisotopic (exact) mass is 310 g/mol. The van der Waals surface area contributed by atoms with Gasteiger partial charge in [0.15, 0.2) is 0 Å². The molecule has 5 nitrogen and oxygen atoms in total. The van der Waals surface area contributed by atoms with Crippen molar-refractivity contribution in [1.82, 2.24) is 19.9 Å². The van der Waals surface area contributed by atoms with Crippen molar-refractivity contribution in [2.45, 2.75) is 38.6 Å². The normalized spacial score (nSPS) is 21.3. The van der Waals surface area contributed by atoms with Gasteiger partial charge in [-0.2, -0.15) is 0 Å². The molecule has 3 heterocycles. The fourth-order valence-electron chi connectivity index (χ4n) is 3.44. The van der Waals surface area contributed by atoms with Gasteiger partial charge in [0.1, 0.15) is 11.9 Å². The topological polar surface area (TPSA) is 54.9 Å². The lowest BCUT2D eigenvalue weighted by molar-refractivity contribution is 0.0886. The van der Waals surface area contributed by atoms with Crippen molar-refractivity contribution in [3.05, 3.63) is 54.2 Å². The highest BCUT2D eigenvalue weighted by molar-refractivity contribution is 5.82. The second kappa shape index (κ2) is 6.18. The number of aromatic nitrogens is 3. The smallest absolute Gasteiger partial charge is 0.139 e. The maximum atomic E-state index is 5.96. The number of para-hydroxylation sites is 1. The second-order valence-electron chi connectivity index (χ2n) is 6.00. The van der Waals surface area contributed by atoms with Crippen LogP contribution >= 0.6 is 0 Å². The van der Waals surface area contributed by atoms with E-state index in [2.05, 4.69) is 51.0 Å². The second-order valence-corrected chi connectivity index (χ2v) is 6.00. The van der Waals surface area contributed by atoms with Crippen molar-refractivity contribution in [2.24, 2.45) is 0 Å². The van der Waals surface area contributed by atoms with Gasteiger partial charge in [0.25, 0.3) is 0 Å². The number of nitrogens with one attached hydrogen (secondary N) is 2. The molecule has 23 heavy (non-hydrogen) atoms. The molecule has 2 atom stereocenters. The first-order valence-corrected chi connectivity index (χ1v) is 8.28. The van der Waals surface area contributed by atoms with E-state index in [1.807, 2.05) is 18.6 Å². The molecule has 0 bridgehead atoms. The molecule has 0 amide bonds. The van der Waals surface area contributed by atoms with Crippen molar-refractivity contribution in [2.75, 3.05) is 6.61 Å². The summed E-state index contributed by atoms with van der Waals surface area (Å²) in [6.07, 6.45) is 6.92. The molecule has 1 aliphatic rings. The van der Waals surface area contributed by atoms with E-state index in [0.717, 1.165) is 31.9 Å². The Morgan fingerprint density at radius 3 is 3.26 bits per heavy atom. The maximum Gasteiger partial charge on any atom is 0.139 e. The Kier molecular flexibility index (Phi) is 3.89. The number of H-pyrrole nitrogens is 1. The first-order chi connectivity index (χ1) is 11.4. The zero-order valence-corrected chi connectivity index (χ0v) is 13.3. The number of hydrogen-bond acceptors (Lipinski definition) is 3. The number of nitrogens with zero attached hydrogens (tertiary/aromatic N) is 2. The molecule has 4 rings (SSSR count). The Morgan fingerprint density at radius 1 is 1.39 bits per heavy atom. The molecule has 2 N–H and O–H groups in total. The fraction of sp³-hybridized carbons (Fsp3) is 0.389. The summed E-state index contributed by atoms with van der Waals surface area (Å²) in [5.74, 6) is 1.03. The minimum Gasteiger partial charge on any atom is -0.369 e. The van der Waals surface area contributed by atoms with Gasteiger partial charge in [-0.15, -0.1) is 0 Å². The van der Waals surface area contributed by atoms with Crippen LogP contribution in [0.15, 0.2) is 42.9 Å². The summed E-state index contributed by atoms with van der Waals surface area (Å²) < 4.78 is 8.12. The van der Waals surface area contributed by atoms with Crippen LogP contribution < -0.4 is 5.32 Å². The Bertz CT molecular complexity index is 791. The van der Waals surface area contributed by atoms with E-state index in [-0.39, 0.29) is 6.10 Å². The number of aromatic amines is 1. The highest BCUT2D eigenvalue weighted by atomic mass is 16.5. The van der Waals surface area contributed by atoms with Gasteiger partial charge in [-0.1, -0.05) is 18.2 Å². The Hall–Kier alpha value is -2.11. The third-order valence-corrected chi connectivity index (χ3v) is 4.66. The van der Waals surface area contributed by atoms with Gasteiger partial charge in [0.2, 0.25) is 0 Å². The zero-order valence-electron chi connectivity index (χ0n) is 13.3. The van der Waals surface area contributed by atoms with E-state index < -0.39 is 0 Å². The summed E-state index contributed by atoms with van der Waals surface area (Å²) in [5, 5.41) is 4.93. The number of aryl methyl sites for hydroxylation is 1. The first-order valence-electron chi connectivity index (χ1n) is 8.28. The molecule has 5 heteroatoms. The average molecular weight is 310 g/mol. The van der Waals surface area contributed by atoms with E-state index in [4.69, 9.17) is 4.74 Å². The molecule has 1 saturated heterocycles.